The fourth-order valence-electron chi connectivity index (χ4n) is 1.99. The largest absolute Gasteiger partial charge is 0.481 e. The fraction of sp³-hybridized carbons (Fsp3) is 0.467. The fourth-order valence-corrected chi connectivity index (χ4v) is 1.99. The van der Waals surface area contributed by atoms with Crippen LogP contribution >= 0.6 is 0 Å². The second-order valence-electron chi connectivity index (χ2n) is 4.65. The number of hydrogen-bond donors (Lipinski definition) is 1. The average molecular weight is 309 g/mol. The van der Waals surface area contributed by atoms with Gasteiger partial charge in [0.1, 0.15) is 12.2 Å². The van der Waals surface area contributed by atoms with Gasteiger partial charge in [-0.3, -0.25) is 14.4 Å². The van der Waals surface area contributed by atoms with Crippen LogP contribution in [0.3, 0.4) is 0 Å². The van der Waals surface area contributed by atoms with E-state index in [-0.39, 0.29) is 31.7 Å². The summed E-state index contributed by atoms with van der Waals surface area (Å²) in [7, 11) is 1.47. The summed E-state index contributed by atoms with van der Waals surface area (Å²) >= 11 is 0. The van der Waals surface area contributed by atoms with Gasteiger partial charge in [0, 0.05) is 24.6 Å². The van der Waals surface area contributed by atoms with Crippen LogP contribution in [-0.4, -0.2) is 41.5 Å². The second-order valence-corrected chi connectivity index (χ2v) is 4.65. The first kappa shape index (κ1) is 17.6. The van der Waals surface area contributed by atoms with Crippen molar-refractivity contribution in [2.24, 2.45) is 0 Å². The molecule has 1 N–H and O–H groups in total. The number of Topliss-reactive ketones (excluding diaryl/α,β-unsaturated/α-hetero) is 1. The maximum absolute atomic E-state index is 11.9. The summed E-state index contributed by atoms with van der Waals surface area (Å²) in [6, 6.07) is 3.26. The zero-order valence-corrected chi connectivity index (χ0v) is 12.6. The molecule has 0 aromatic carbocycles. The molecule has 22 heavy (non-hydrogen) atoms. The van der Waals surface area contributed by atoms with Crippen LogP contribution in [0, 0.1) is 0 Å². The van der Waals surface area contributed by atoms with Crippen molar-refractivity contribution >= 4 is 17.7 Å². The highest BCUT2D eigenvalue weighted by molar-refractivity contribution is 5.96. The van der Waals surface area contributed by atoms with Gasteiger partial charge >= 0.3 is 11.9 Å². The van der Waals surface area contributed by atoms with Gasteiger partial charge in [0.05, 0.1) is 20.1 Å². The molecule has 1 aromatic rings. The van der Waals surface area contributed by atoms with Crippen LogP contribution in [0.2, 0.25) is 0 Å². The Morgan fingerprint density at radius 1 is 1.27 bits per heavy atom. The van der Waals surface area contributed by atoms with Crippen LogP contribution in [0.4, 0.5) is 0 Å². The first-order valence-corrected chi connectivity index (χ1v) is 6.85. The lowest BCUT2D eigenvalue weighted by atomic mass is 9.91. The average Bonchev–Trinajstić information content (AvgIpc) is 2.46. The van der Waals surface area contributed by atoms with Gasteiger partial charge in [-0.25, -0.2) is 4.98 Å². The van der Waals surface area contributed by atoms with Gasteiger partial charge in [0.25, 0.3) is 0 Å². The summed E-state index contributed by atoms with van der Waals surface area (Å²) in [6.07, 6.45) is 0.847. The van der Waals surface area contributed by atoms with Crippen LogP contribution in [0.5, 0.6) is 5.88 Å². The van der Waals surface area contributed by atoms with Gasteiger partial charge in [-0.15, -0.1) is 0 Å². The summed E-state index contributed by atoms with van der Waals surface area (Å²) in [5.41, 5.74) is 0.611. The number of carbonyl (C=O) groups excluding carboxylic acids is 2. The van der Waals surface area contributed by atoms with Gasteiger partial charge in [-0.1, -0.05) is 6.07 Å². The van der Waals surface area contributed by atoms with Gasteiger partial charge in [0.2, 0.25) is 5.88 Å². The number of rotatable bonds is 9. The molecule has 0 bridgehead atoms. The van der Waals surface area contributed by atoms with Gasteiger partial charge in [-0.05, 0) is 12.5 Å². The van der Waals surface area contributed by atoms with Crippen LogP contribution in [0.25, 0.3) is 0 Å². The minimum Gasteiger partial charge on any atom is -0.481 e. The molecule has 0 aliphatic heterocycles. The van der Waals surface area contributed by atoms with E-state index in [2.05, 4.69) is 4.98 Å². The predicted octanol–water partition coefficient (Wildman–Crippen LogP) is 1.56. The Hall–Kier alpha value is -2.44. The van der Waals surface area contributed by atoms with E-state index in [1.807, 2.05) is 0 Å². The maximum atomic E-state index is 11.9. The molecule has 0 fully saturated rings. The number of hydrogen-bond acceptors (Lipinski definition) is 6. The van der Waals surface area contributed by atoms with Crippen LogP contribution in [-0.2, 0) is 19.1 Å². The Labute approximate surface area is 128 Å². The number of aromatic nitrogens is 1. The highest BCUT2D eigenvalue weighted by Gasteiger charge is 2.21. The molecule has 0 aliphatic carbocycles. The Bertz CT molecular complexity index is 525. The molecule has 0 saturated carbocycles. The number of carboxylic acid groups (broad SMARTS) is 1. The highest BCUT2D eigenvalue weighted by Crippen LogP contribution is 2.25. The SMILES string of the molecule is CCOC(=O)CC(=O)CC(CC(=O)O)c1ccc(OC)nc1. The zero-order chi connectivity index (χ0) is 16.5. The van der Waals surface area contributed by atoms with E-state index in [0.29, 0.717) is 11.4 Å². The highest BCUT2D eigenvalue weighted by atomic mass is 16.5. The molecule has 1 aromatic heterocycles. The molecule has 0 amide bonds. The van der Waals surface area contributed by atoms with Crippen molar-refractivity contribution in [2.75, 3.05) is 13.7 Å². The molecule has 0 spiro atoms. The Kier molecular flexibility index (Phi) is 7.01. The second kappa shape index (κ2) is 8.76. The van der Waals surface area contributed by atoms with Crippen molar-refractivity contribution in [3.8, 4) is 5.88 Å². The molecular weight excluding hydrogens is 290 g/mol. The number of carbonyl (C=O) groups is 3. The molecule has 7 nitrogen and oxygen atoms in total. The molecule has 0 radical (unpaired) electrons. The summed E-state index contributed by atoms with van der Waals surface area (Å²) in [5.74, 6) is -2.13. The first-order chi connectivity index (χ1) is 10.5. The molecule has 1 atom stereocenters. The smallest absolute Gasteiger partial charge is 0.313 e. The van der Waals surface area contributed by atoms with Crippen LogP contribution in [0.15, 0.2) is 18.3 Å². The van der Waals surface area contributed by atoms with Crippen LogP contribution < -0.4 is 4.74 Å². The number of carboxylic acids is 1. The molecule has 7 heteroatoms. The molecular formula is C15H19NO6. The van der Waals surface area contributed by atoms with E-state index >= 15 is 0 Å². The third-order valence-electron chi connectivity index (χ3n) is 2.98. The molecule has 1 unspecified atom stereocenters. The van der Waals surface area contributed by atoms with E-state index in [1.54, 1.807) is 19.1 Å². The first-order valence-electron chi connectivity index (χ1n) is 6.85. The van der Waals surface area contributed by atoms with Crippen molar-refractivity contribution in [2.45, 2.75) is 32.1 Å². The number of aliphatic carboxylic acids is 1. The van der Waals surface area contributed by atoms with E-state index in [0.717, 1.165) is 0 Å². The molecule has 1 rings (SSSR count). The minimum absolute atomic E-state index is 0.0564. The molecule has 0 saturated heterocycles. The predicted molar refractivity (Wildman–Crippen MR) is 76.7 cm³/mol. The number of esters is 1. The number of ether oxygens (including phenoxy) is 2. The van der Waals surface area contributed by atoms with E-state index in [1.165, 1.54) is 13.3 Å². The van der Waals surface area contributed by atoms with E-state index in [4.69, 9.17) is 14.6 Å². The standard InChI is InChI=1S/C15H19NO6/c1-3-22-15(20)8-12(17)6-11(7-14(18)19)10-4-5-13(21-2)16-9-10/h4-5,9,11H,3,6-8H2,1-2H3,(H,18,19). The lowest BCUT2D eigenvalue weighted by Crippen LogP contribution is -2.16. The summed E-state index contributed by atoms with van der Waals surface area (Å²) < 4.78 is 9.64. The number of ketones is 1. The monoisotopic (exact) mass is 309 g/mol. The Morgan fingerprint density at radius 3 is 2.50 bits per heavy atom. The molecule has 0 aliphatic rings. The summed E-state index contributed by atoms with van der Waals surface area (Å²) in [5, 5.41) is 8.98. The topological polar surface area (TPSA) is 103 Å². The van der Waals surface area contributed by atoms with Crippen molar-refractivity contribution in [3.05, 3.63) is 23.9 Å². The molecule has 120 valence electrons. The van der Waals surface area contributed by atoms with Crippen molar-refractivity contribution in [1.82, 2.24) is 4.98 Å². The van der Waals surface area contributed by atoms with Gasteiger partial charge in [0.15, 0.2) is 0 Å². The summed E-state index contributed by atoms with van der Waals surface area (Å²) in [4.78, 5) is 38.1. The number of nitrogens with zero attached hydrogens (tertiary/aromatic N) is 1. The third-order valence-corrected chi connectivity index (χ3v) is 2.98. The zero-order valence-electron chi connectivity index (χ0n) is 12.6. The third kappa shape index (κ3) is 5.90. The van der Waals surface area contributed by atoms with Gasteiger partial charge in [-0.2, -0.15) is 0 Å². The lowest BCUT2D eigenvalue weighted by molar-refractivity contribution is -0.145. The number of methoxy groups -OCH3 is 1. The van der Waals surface area contributed by atoms with Gasteiger partial charge < -0.3 is 14.6 Å². The Balaban J connectivity index is 2.77. The molecule has 1 heterocycles. The Morgan fingerprint density at radius 2 is 2.00 bits per heavy atom. The van der Waals surface area contributed by atoms with Crippen LogP contribution in [0.1, 0.15) is 37.7 Å². The normalized spacial score (nSPS) is 11.5. The van der Waals surface area contributed by atoms with Crippen molar-refractivity contribution < 1.29 is 29.0 Å². The summed E-state index contributed by atoms with van der Waals surface area (Å²) in [6.45, 7) is 1.85. The maximum Gasteiger partial charge on any atom is 0.313 e. The minimum atomic E-state index is -1.02. The van der Waals surface area contributed by atoms with E-state index in [9.17, 15) is 14.4 Å². The number of pyridine rings is 1. The van der Waals surface area contributed by atoms with E-state index < -0.39 is 17.9 Å². The van der Waals surface area contributed by atoms with Crippen molar-refractivity contribution in [3.63, 3.8) is 0 Å². The van der Waals surface area contributed by atoms with Crippen molar-refractivity contribution in [1.29, 1.82) is 0 Å². The lowest BCUT2D eigenvalue weighted by Gasteiger charge is -2.14. The quantitative estimate of drug-likeness (QED) is 0.545.